The van der Waals surface area contributed by atoms with E-state index in [-0.39, 0.29) is 18.3 Å². The number of aryl methyl sites for hydroxylation is 1. The van der Waals surface area contributed by atoms with E-state index in [1.807, 2.05) is 20.8 Å². The van der Waals surface area contributed by atoms with Crippen LogP contribution in [0.15, 0.2) is 10.6 Å². The van der Waals surface area contributed by atoms with Crippen molar-refractivity contribution in [2.75, 3.05) is 6.26 Å². The molecule has 1 rings (SSSR count). The third-order valence-electron chi connectivity index (χ3n) is 3.38. The average Bonchev–Trinajstić information content (AvgIpc) is 2.87. The Morgan fingerprint density at radius 2 is 2.00 bits per heavy atom. The predicted octanol–water partition coefficient (Wildman–Crippen LogP) is 1.31. The molecule has 1 atom stereocenters. The van der Waals surface area contributed by atoms with Crippen LogP contribution in [0.3, 0.4) is 0 Å². The fourth-order valence-corrected chi connectivity index (χ4v) is 2.55. The largest absolute Gasteiger partial charge is 0.347 e. The molecule has 1 amide bonds. The minimum absolute atomic E-state index is 0.0447. The van der Waals surface area contributed by atoms with Crippen LogP contribution in [0.2, 0.25) is 0 Å². The van der Waals surface area contributed by atoms with Gasteiger partial charge < -0.3 is 4.52 Å². The van der Waals surface area contributed by atoms with Crippen molar-refractivity contribution in [3.05, 3.63) is 17.5 Å². The summed E-state index contributed by atoms with van der Waals surface area (Å²) in [6.07, 6.45) is 1.10. The first-order chi connectivity index (χ1) is 10.4. The van der Waals surface area contributed by atoms with Gasteiger partial charge in [-0.05, 0) is 46.5 Å². The Morgan fingerprint density at radius 1 is 1.39 bits per heavy atom. The van der Waals surface area contributed by atoms with E-state index in [0.717, 1.165) is 6.26 Å². The molecule has 0 aliphatic carbocycles. The molecule has 1 heterocycles. The summed E-state index contributed by atoms with van der Waals surface area (Å²) < 4.78 is 27.0. The van der Waals surface area contributed by atoms with E-state index in [0.29, 0.717) is 11.5 Å². The first kappa shape index (κ1) is 19.2. The van der Waals surface area contributed by atoms with Crippen LogP contribution in [0.5, 0.6) is 0 Å². The van der Waals surface area contributed by atoms with E-state index in [1.165, 1.54) is 12.4 Å². The number of aromatic nitrogens is 1. The second-order valence-electron chi connectivity index (χ2n) is 6.63. The Labute approximate surface area is 136 Å². The van der Waals surface area contributed by atoms with Gasteiger partial charge >= 0.3 is 0 Å². The lowest BCUT2D eigenvalue weighted by atomic mass is 9.98. The minimum Gasteiger partial charge on any atom is -0.347 e. The molecule has 1 aromatic rings. The van der Waals surface area contributed by atoms with Crippen molar-refractivity contribution in [3.8, 4) is 11.8 Å². The maximum atomic E-state index is 11.9. The molecule has 0 saturated heterocycles. The van der Waals surface area contributed by atoms with Crippen LogP contribution >= 0.6 is 0 Å². The van der Waals surface area contributed by atoms with Gasteiger partial charge in [0.05, 0.1) is 5.69 Å². The van der Waals surface area contributed by atoms with Crippen molar-refractivity contribution >= 4 is 15.7 Å². The van der Waals surface area contributed by atoms with Crippen LogP contribution in [-0.4, -0.2) is 35.7 Å². The number of rotatable bonds is 5. The fraction of sp³-hybridized carbons (Fsp3) is 0.600. The lowest BCUT2D eigenvalue weighted by Crippen LogP contribution is -2.49. The maximum absolute atomic E-state index is 11.9. The summed E-state index contributed by atoms with van der Waals surface area (Å²) in [7, 11) is -3.73. The molecule has 0 fully saturated rings. The van der Waals surface area contributed by atoms with E-state index >= 15 is 0 Å². The zero-order chi connectivity index (χ0) is 17.9. The lowest BCUT2D eigenvalue weighted by molar-refractivity contribution is -0.131. The van der Waals surface area contributed by atoms with Crippen LogP contribution in [0.25, 0.3) is 0 Å². The third kappa shape index (κ3) is 5.08. The molecule has 0 saturated carbocycles. The van der Waals surface area contributed by atoms with Crippen molar-refractivity contribution in [2.45, 2.75) is 45.3 Å². The zero-order valence-corrected chi connectivity index (χ0v) is 14.7. The molecule has 0 radical (unpaired) electrons. The number of nitrogens with one attached hydrogen (secondary N) is 1. The molecule has 0 bridgehead atoms. The second kappa shape index (κ2) is 6.72. The topological polar surface area (TPSA) is 110 Å². The molecule has 128 valence electrons. The molecule has 23 heavy (non-hydrogen) atoms. The molecular formula is C15H22N2O5S. The van der Waals surface area contributed by atoms with Gasteiger partial charge in [-0.15, -0.1) is 0 Å². The molecular weight excluding hydrogens is 320 g/mol. The standard InChI is InChI=1S/C15H22N2O5S/c1-14(2,3)8-7-12-10-11(17-22-12)6-9-15(4,13(18)16-19)23(5,20)21/h10,19H,6,9H2,1-5H3,(H,16,18)/t15-/m1/s1. The summed E-state index contributed by atoms with van der Waals surface area (Å²) in [6.45, 7) is 7.14. The average molecular weight is 342 g/mol. The van der Waals surface area contributed by atoms with Gasteiger partial charge in [0.25, 0.3) is 5.91 Å². The maximum Gasteiger partial charge on any atom is 0.264 e. The van der Waals surface area contributed by atoms with Gasteiger partial charge in [-0.1, -0.05) is 11.1 Å². The zero-order valence-electron chi connectivity index (χ0n) is 13.9. The Balaban J connectivity index is 2.90. The highest BCUT2D eigenvalue weighted by Gasteiger charge is 2.43. The number of carbonyl (C=O) groups excluding carboxylic acids is 1. The summed E-state index contributed by atoms with van der Waals surface area (Å²) in [5.41, 5.74) is 1.72. The summed E-state index contributed by atoms with van der Waals surface area (Å²) in [5, 5.41) is 12.6. The number of sulfone groups is 1. The molecule has 0 aromatic carbocycles. The van der Waals surface area contributed by atoms with Crippen molar-refractivity contribution < 1.29 is 22.9 Å². The monoisotopic (exact) mass is 342 g/mol. The summed E-state index contributed by atoms with van der Waals surface area (Å²) in [5.74, 6) is 5.25. The quantitative estimate of drug-likeness (QED) is 0.474. The smallest absolute Gasteiger partial charge is 0.264 e. The molecule has 2 N–H and O–H groups in total. The highest BCUT2D eigenvalue weighted by molar-refractivity contribution is 7.92. The number of amides is 1. The number of hydrogen-bond donors (Lipinski definition) is 2. The number of nitrogens with zero attached hydrogens (tertiary/aromatic N) is 1. The molecule has 1 aromatic heterocycles. The van der Waals surface area contributed by atoms with Gasteiger partial charge in [-0.25, -0.2) is 13.9 Å². The first-order valence-electron chi connectivity index (χ1n) is 7.02. The van der Waals surface area contributed by atoms with Crippen molar-refractivity contribution in [1.29, 1.82) is 0 Å². The second-order valence-corrected chi connectivity index (χ2v) is 9.07. The van der Waals surface area contributed by atoms with E-state index in [2.05, 4.69) is 17.0 Å². The predicted molar refractivity (Wildman–Crippen MR) is 84.3 cm³/mol. The molecule has 7 nitrogen and oxygen atoms in total. The SMILES string of the molecule is CC(C)(C)C#Cc1cc(CC[C@](C)(C(=O)NO)S(C)(=O)=O)no1. The molecule has 8 heteroatoms. The van der Waals surface area contributed by atoms with E-state index in [9.17, 15) is 13.2 Å². The Kier molecular flexibility index (Phi) is 5.61. The lowest BCUT2D eigenvalue weighted by Gasteiger charge is -2.24. The molecule has 0 aliphatic heterocycles. The molecule has 0 aliphatic rings. The van der Waals surface area contributed by atoms with Gasteiger partial charge in [0.2, 0.25) is 5.76 Å². The van der Waals surface area contributed by atoms with Gasteiger partial charge in [0.1, 0.15) is 4.75 Å². The van der Waals surface area contributed by atoms with Crippen molar-refractivity contribution in [3.63, 3.8) is 0 Å². The van der Waals surface area contributed by atoms with Gasteiger partial charge in [0.15, 0.2) is 9.84 Å². The van der Waals surface area contributed by atoms with E-state index in [4.69, 9.17) is 9.73 Å². The fourth-order valence-electron chi connectivity index (χ4n) is 1.69. The summed E-state index contributed by atoms with van der Waals surface area (Å²) in [6, 6.07) is 1.61. The Hall–Kier alpha value is -1.85. The van der Waals surface area contributed by atoms with E-state index in [1.54, 1.807) is 6.07 Å². The van der Waals surface area contributed by atoms with Crippen LogP contribution in [0.4, 0.5) is 0 Å². The summed E-state index contributed by atoms with van der Waals surface area (Å²) >= 11 is 0. The minimum atomic E-state index is -3.73. The highest BCUT2D eigenvalue weighted by Crippen LogP contribution is 2.23. The first-order valence-corrected chi connectivity index (χ1v) is 8.91. The Bertz CT molecular complexity index is 734. The van der Waals surface area contributed by atoms with Crippen LogP contribution < -0.4 is 5.48 Å². The Morgan fingerprint density at radius 3 is 2.48 bits per heavy atom. The van der Waals surface area contributed by atoms with Crippen LogP contribution in [0.1, 0.15) is 45.6 Å². The summed E-state index contributed by atoms with van der Waals surface area (Å²) in [4.78, 5) is 11.7. The van der Waals surface area contributed by atoms with Crippen molar-refractivity contribution in [1.82, 2.24) is 10.6 Å². The third-order valence-corrected chi connectivity index (χ3v) is 5.40. The number of hydrogen-bond acceptors (Lipinski definition) is 6. The van der Waals surface area contributed by atoms with Crippen molar-refractivity contribution in [2.24, 2.45) is 5.41 Å². The van der Waals surface area contributed by atoms with Crippen LogP contribution in [-0.2, 0) is 21.1 Å². The number of carbonyl (C=O) groups is 1. The molecule has 0 unspecified atom stereocenters. The van der Waals surface area contributed by atoms with Gasteiger partial charge in [0, 0.05) is 17.7 Å². The molecule has 0 spiro atoms. The number of hydroxylamine groups is 1. The highest BCUT2D eigenvalue weighted by atomic mass is 32.2. The van der Waals surface area contributed by atoms with Gasteiger partial charge in [-0.3, -0.25) is 10.0 Å². The normalized spacial score (nSPS) is 14.5. The van der Waals surface area contributed by atoms with Crippen LogP contribution in [0, 0.1) is 17.3 Å². The van der Waals surface area contributed by atoms with E-state index < -0.39 is 20.5 Å². The van der Waals surface area contributed by atoms with Gasteiger partial charge in [-0.2, -0.15) is 0 Å².